The molecule has 0 unspecified atom stereocenters. The first kappa shape index (κ1) is 12.8. The number of halogens is 1. The van der Waals surface area contributed by atoms with Crippen LogP contribution in [-0.2, 0) is 0 Å². The number of hydrogen-bond acceptors (Lipinski definition) is 5. The van der Waals surface area contributed by atoms with E-state index in [1.807, 2.05) is 7.05 Å². The minimum atomic E-state index is 0.560. The Kier molecular flexibility index (Phi) is 3.66. The number of thiazole rings is 1. The predicted molar refractivity (Wildman–Crippen MR) is 78.9 cm³/mol. The minimum Gasteiger partial charge on any atom is -0.373 e. The molecule has 6 heteroatoms. The van der Waals surface area contributed by atoms with Gasteiger partial charge in [-0.1, -0.05) is 35.8 Å². The number of hydrogen-bond donors (Lipinski definition) is 1. The van der Waals surface area contributed by atoms with E-state index < -0.39 is 0 Å². The normalized spacial score (nSPS) is 15.9. The van der Waals surface area contributed by atoms with E-state index in [1.165, 1.54) is 37.0 Å². The molecule has 1 aliphatic carbocycles. The standard InChI is InChI=1S/C13H15ClN4S/c1-15-11-6-9(8-4-2-3-5-8)17-12(18-11)13-16-7-10(14)19-13/h6-8H,2-5H2,1H3,(H,15,17,18). The second-order valence-electron chi connectivity index (χ2n) is 4.70. The molecule has 4 nitrogen and oxygen atoms in total. The lowest BCUT2D eigenvalue weighted by molar-refractivity contribution is 0.696. The van der Waals surface area contributed by atoms with Gasteiger partial charge in [-0.3, -0.25) is 0 Å². The van der Waals surface area contributed by atoms with Crippen LogP contribution < -0.4 is 5.32 Å². The van der Waals surface area contributed by atoms with E-state index >= 15 is 0 Å². The van der Waals surface area contributed by atoms with Gasteiger partial charge in [0.1, 0.15) is 10.2 Å². The predicted octanol–water partition coefficient (Wildman–Crippen LogP) is 3.95. The molecule has 0 radical (unpaired) electrons. The van der Waals surface area contributed by atoms with Crippen molar-refractivity contribution in [2.24, 2.45) is 0 Å². The summed E-state index contributed by atoms with van der Waals surface area (Å²) in [5.41, 5.74) is 1.12. The second kappa shape index (κ2) is 5.43. The highest BCUT2D eigenvalue weighted by Gasteiger charge is 2.20. The molecule has 1 saturated carbocycles. The lowest BCUT2D eigenvalue weighted by atomic mass is 10.0. The number of anilines is 1. The van der Waals surface area contributed by atoms with E-state index in [-0.39, 0.29) is 0 Å². The zero-order valence-electron chi connectivity index (χ0n) is 10.7. The Balaban J connectivity index is 2.01. The summed E-state index contributed by atoms with van der Waals surface area (Å²) in [6.45, 7) is 0. The quantitative estimate of drug-likeness (QED) is 0.931. The fourth-order valence-corrected chi connectivity index (χ4v) is 3.32. The third-order valence-corrected chi connectivity index (χ3v) is 4.56. The summed E-state index contributed by atoms with van der Waals surface area (Å²) in [6.07, 6.45) is 6.67. The molecule has 0 spiro atoms. The summed E-state index contributed by atoms with van der Waals surface area (Å²) in [6, 6.07) is 2.05. The van der Waals surface area contributed by atoms with E-state index in [2.05, 4.69) is 26.3 Å². The van der Waals surface area contributed by atoms with Crippen LogP contribution in [-0.4, -0.2) is 22.0 Å². The molecule has 19 heavy (non-hydrogen) atoms. The van der Waals surface area contributed by atoms with Crippen molar-refractivity contribution in [1.82, 2.24) is 15.0 Å². The van der Waals surface area contributed by atoms with Crippen LogP contribution in [0.2, 0.25) is 4.34 Å². The first-order valence-electron chi connectivity index (χ1n) is 6.44. The van der Waals surface area contributed by atoms with Crippen molar-refractivity contribution in [1.29, 1.82) is 0 Å². The third-order valence-electron chi connectivity index (χ3n) is 3.44. The van der Waals surface area contributed by atoms with Crippen molar-refractivity contribution in [2.75, 3.05) is 12.4 Å². The molecule has 0 atom stereocenters. The van der Waals surface area contributed by atoms with Crippen LogP contribution in [0.15, 0.2) is 12.3 Å². The van der Waals surface area contributed by atoms with Gasteiger partial charge >= 0.3 is 0 Å². The first-order valence-corrected chi connectivity index (χ1v) is 7.64. The fourth-order valence-electron chi connectivity index (χ4n) is 2.48. The minimum absolute atomic E-state index is 0.560. The zero-order chi connectivity index (χ0) is 13.2. The van der Waals surface area contributed by atoms with Gasteiger partial charge in [0.05, 0.1) is 6.20 Å². The SMILES string of the molecule is CNc1cc(C2CCCC2)nc(-c2ncc(Cl)s2)n1. The van der Waals surface area contributed by atoms with Gasteiger partial charge < -0.3 is 5.32 Å². The van der Waals surface area contributed by atoms with Gasteiger partial charge in [-0.15, -0.1) is 0 Å². The maximum atomic E-state index is 5.94. The summed E-state index contributed by atoms with van der Waals surface area (Å²) >= 11 is 7.35. The topological polar surface area (TPSA) is 50.7 Å². The van der Waals surface area contributed by atoms with Crippen molar-refractivity contribution in [2.45, 2.75) is 31.6 Å². The summed E-state index contributed by atoms with van der Waals surface area (Å²) in [5.74, 6) is 2.08. The van der Waals surface area contributed by atoms with E-state index in [1.54, 1.807) is 6.20 Å². The summed E-state index contributed by atoms with van der Waals surface area (Å²) in [7, 11) is 1.87. The molecule has 1 N–H and O–H groups in total. The Hall–Kier alpha value is -1.20. The summed E-state index contributed by atoms with van der Waals surface area (Å²) < 4.78 is 0.663. The highest BCUT2D eigenvalue weighted by molar-refractivity contribution is 7.18. The van der Waals surface area contributed by atoms with Gasteiger partial charge in [0, 0.05) is 24.7 Å². The Morgan fingerprint density at radius 3 is 2.74 bits per heavy atom. The molecule has 0 aliphatic heterocycles. The molecule has 2 aromatic heterocycles. The zero-order valence-corrected chi connectivity index (χ0v) is 12.3. The Morgan fingerprint density at radius 2 is 2.11 bits per heavy atom. The van der Waals surface area contributed by atoms with Crippen molar-refractivity contribution in [3.63, 3.8) is 0 Å². The molecule has 0 saturated heterocycles. The fraction of sp³-hybridized carbons (Fsp3) is 0.462. The van der Waals surface area contributed by atoms with Gasteiger partial charge in [0.25, 0.3) is 0 Å². The smallest absolute Gasteiger partial charge is 0.190 e. The number of rotatable bonds is 3. The molecule has 0 bridgehead atoms. The monoisotopic (exact) mass is 294 g/mol. The number of nitrogens with one attached hydrogen (secondary N) is 1. The first-order chi connectivity index (χ1) is 9.26. The van der Waals surface area contributed by atoms with Crippen LogP contribution in [0.1, 0.15) is 37.3 Å². The lowest BCUT2D eigenvalue weighted by Crippen LogP contribution is -2.03. The van der Waals surface area contributed by atoms with Crippen molar-refractivity contribution >= 4 is 28.8 Å². The molecule has 0 amide bonds. The van der Waals surface area contributed by atoms with E-state index in [0.29, 0.717) is 16.1 Å². The van der Waals surface area contributed by atoms with Crippen LogP contribution in [0.5, 0.6) is 0 Å². The average Bonchev–Trinajstić information content (AvgIpc) is 3.09. The van der Waals surface area contributed by atoms with Gasteiger partial charge in [-0.25, -0.2) is 15.0 Å². The van der Waals surface area contributed by atoms with Crippen LogP contribution >= 0.6 is 22.9 Å². The van der Waals surface area contributed by atoms with Crippen molar-refractivity contribution < 1.29 is 0 Å². The van der Waals surface area contributed by atoms with Crippen LogP contribution in [0.3, 0.4) is 0 Å². The highest BCUT2D eigenvalue weighted by atomic mass is 35.5. The average molecular weight is 295 g/mol. The Bertz CT molecular complexity index is 578. The Labute approximate surface area is 121 Å². The maximum Gasteiger partial charge on any atom is 0.190 e. The van der Waals surface area contributed by atoms with E-state index in [4.69, 9.17) is 11.6 Å². The molecular formula is C13H15ClN4S. The third kappa shape index (κ3) is 2.72. The van der Waals surface area contributed by atoms with Crippen molar-refractivity contribution in [3.8, 4) is 10.8 Å². The second-order valence-corrected chi connectivity index (χ2v) is 6.36. The highest BCUT2D eigenvalue weighted by Crippen LogP contribution is 2.35. The molecule has 2 heterocycles. The summed E-state index contributed by atoms with van der Waals surface area (Å²) in [5, 5.41) is 3.88. The molecular weight excluding hydrogens is 280 g/mol. The van der Waals surface area contributed by atoms with Crippen LogP contribution in [0, 0.1) is 0 Å². The number of aromatic nitrogens is 3. The van der Waals surface area contributed by atoms with Crippen LogP contribution in [0.25, 0.3) is 10.8 Å². The van der Waals surface area contributed by atoms with Gasteiger partial charge in [0.2, 0.25) is 0 Å². The Morgan fingerprint density at radius 1 is 1.32 bits per heavy atom. The van der Waals surface area contributed by atoms with Gasteiger partial charge in [-0.2, -0.15) is 0 Å². The molecule has 100 valence electrons. The van der Waals surface area contributed by atoms with E-state index in [9.17, 15) is 0 Å². The number of nitrogens with zero attached hydrogens (tertiary/aromatic N) is 3. The maximum absolute atomic E-state index is 5.94. The van der Waals surface area contributed by atoms with E-state index in [0.717, 1.165) is 16.5 Å². The van der Waals surface area contributed by atoms with Gasteiger partial charge in [0.15, 0.2) is 10.8 Å². The van der Waals surface area contributed by atoms with Gasteiger partial charge in [-0.05, 0) is 12.8 Å². The van der Waals surface area contributed by atoms with Crippen LogP contribution in [0.4, 0.5) is 5.82 Å². The largest absolute Gasteiger partial charge is 0.373 e. The van der Waals surface area contributed by atoms with Crippen molar-refractivity contribution in [3.05, 3.63) is 22.3 Å². The molecule has 0 aromatic carbocycles. The molecule has 1 fully saturated rings. The molecule has 1 aliphatic rings. The summed E-state index contributed by atoms with van der Waals surface area (Å²) in [4.78, 5) is 13.4. The molecule has 2 aromatic rings. The molecule has 3 rings (SSSR count). The lowest BCUT2D eigenvalue weighted by Gasteiger charge is -2.11.